The summed E-state index contributed by atoms with van der Waals surface area (Å²) in [5.41, 5.74) is 6.74. The largest absolute Gasteiger partial charge is 0.438 e. The highest BCUT2D eigenvalue weighted by atomic mass is 32.2. The first-order valence-electron chi connectivity index (χ1n) is 20.1. The van der Waals surface area contributed by atoms with Crippen LogP contribution in [0, 0.1) is 5.82 Å². The third kappa shape index (κ3) is 9.66. The van der Waals surface area contributed by atoms with Crippen LogP contribution in [0.15, 0.2) is 79.3 Å². The number of pyridine rings is 1. The van der Waals surface area contributed by atoms with Crippen LogP contribution in [-0.4, -0.2) is 98.4 Å². The number of piperazine rings is 1. The molecule has 13 heteroatoms. The number of thioether (sulfide) groups is 1. The van der Waals surface area contributed by atoms with Gasteiger partial charge in [-0.05, 0) is 92.1 Å². The number of amides is 2. The van der Waals surface area contributed by atoms with Crippen LogP contribution in [0.4, 0.5) is 4.39 Å². The van der Waals surface area contributed by atoms with E-state index in [0.717, 1.165) is 73.6 Å². The first-order chi connectivity index (χ1) is 27.7. The Morgan fingerprint density at radius 3 is 2.32 bits per heavy atom. The van der Waals surface area contributed by atoms with Crippen molar-refractivity contribution >= 4 is 34.6 Å². The van der Waals surface area contributed by atoms with Crippen molar-refractivity contribution < 1.29 is 18.7 Å². The van der Waals surface area contributed by atoms with Gasteiger partial charge in [-0.1, -0.05) is 36.4 Å². The molecule has 2 saturated heterocycles. The van der Waals surface area contributed by atoms with E-state index in [4.69, 9.17) is 4.74 Å². The highest BCUT2D eigenvalue weighted by Gasteiger charge is 2.27. The van der Waals surface area contributed by atoms with Gasteiger partial charge in [-0.3, -0.25) is 19.4 Å². The Kier molecular flexibility index (Phi) is 12.2. The number of nitrogens with zero attached hydrogens (tertiary/aromatic N) is 4. The second kappa shape index (κ2) is 17.8. The number of nitrogens with one attached hydrogen (secondary N) is 4. The van der Waals surface area contributed by atoms with Crippen LogP contribution in [0.25, 0.3) is 22.2 Å². The molecule has 8 rings (SSSR count). The molecule has 0 unspecified atom stereocenters. The minimum Gasteiger partial charge on any atom is -0.438 e. The molecule has 0 bridgehead atoms. The van der Waals surface area contributed by atoms with Crippen LogP contribution < -0.4 is 20.7 Å². The fourth-order valence-electron chi connectivity index (χ4n) is 8.55. The molecule has 2 amide bonds. The molecule has 57 heavy (non-hydrogen) atoms. The van der Waals surface area contributed by atoms with E-state index in [1.54, 1.807) is 12.4 Å². The van der Waals surface area contributed by atoms with Gasteiger partial charge in [0.1, 0.15) is 22.6 Å². The molecule has 4 N–H and O–H groups in total. The minimum absolute atomic E-state index is 0.0303. The Labute approximate surface area is 337 Å². The van der Waals surface area contributed by atoms with E-state index < -0.39 is 11.7 Å². The zero-order valence-electron chi connectivity index (χ0n) is 32.6. The van der Waals surface area contributed by atoms with Crippen molar-refractivity contribution in [1.29, 1.82) is 0 Å². The number of aromatic nitrogens is 3. The standard InChI is InChI=1S/C44H51FN8O3S/c1-28-23-53(24-29(2)49-28)25-30-9-14-37(32(19-30)26-52-15-17-57-18-16-52)31-5-3-6-36(20-31)56-44-39(21-33(45)22-46-44)43(55)51-35-12-10-34(11-13-35)50-42(54)38-7-4-8-40-41(38)48-27-47-40/h3-9,14,19-22,27-29,34-35,49H,10-13,15-18,23-26H2,1-2H3,(H,47,48)(H,50,54)(H,51,55)/t28-,29+,34-,35+. The van der Waals surface area contributed by atoms with Crippen molar-refractivity contribution in [3.63, 3.8) is 0 Å². The number of benzene rings is 3. The van der Waals surface area contributed by atoms with Gasteiger partial charge in [0.2, 0.25) is 5.88 Å². The Balaban J connectivity index is 0.941. The number of hydrogen-bond donors (Lipinski definition) is 4. The molecule has 0 radical (unpaired) electrons. The van der Waals surface area contributed by atoms with E-state index in [0.29, 0.717) is 54.6 Å². The van der Waals surface area contributed by atoms with Crippen molar-refractivity contribution in [3.05, 3.63) is 107 Å². The van der Waals surface area contributed by atoms with Gasteiger partial charge in [-0.15, -0.1) is 0 Å². The number of hydrogen-bond acceptors (Lipinski definition) is 9. The topological polar surface area (TPSA) is 128 Å². The number of imidazole rings is 1. The summed E-state index contributed by atoms with van der Waals surface area (Å²) in [5.74, 6) is 1.60. The smallest absolute Gasteiger partial charge is 0.257 e. The number of rotatable bonds is 11. The molecule has 11 nitrogen and oxygen atoms in total. The van der Waals surface area contributed by atoms with Crippen LogP contribution in [0.5, 0.6) is 11.6 Å². The van der Waals surface area contributed by atoms with E-state index in [2.05, 4.69) is 78.8 Å². The molecule has 1 aliphatic carbocycles. The Morgan fingerprint density at radius 1 is 0.842 bits per heavy atom. The molecule has 3 aliphatic rings. The molecule has 0 spiro atoms. The molecule has 5 aromatic rings. The third-order valence-electron chi connectivity index (χ3n) is 11.2. The average Bonchev–Trinajstić information content (AvgIpc) is 3.69. The number of carbonyl (C=O) groups is 2. The average molecular weight is 791 g/mol. The Bertz CT molecular complexity index is 2190. The number of ether oxygens (including phenoxy) is 1. The zero-order valence-corrected chi connectivity index (χ0v) is 33.4. The molecule has 4 heterocycles. The highest BCUT2D eigenvalue weighted by molar-refractivity contribution is 7.99. The zero-order chi connectivity index (χ0) is 39.3. The van der Waals surface area contributed by atoms with Crippen molar-refractivity contribution in [2.45, 2.75) is 76.8 Å². The van der Waals surface area contributed by atoms with E-state index >= 15 is 0 Å². The van der Waals surface area contributed by atoms with E-state index in [9.17, 15) is 14.0 Å². The summed E-state index contributed by atoms with van der Waals surface area (Å²) >= 11 is 2.01. The molecular formula is C44H51FN8O3S. The van der Waals surface area contributed by atoms with E-state index in [-0.39, 0.29) is 29.4 Å². The monoisotopic (exact) mass is 790 g/mol. The fourth-order valence-corrected chi connectivity index (χ4v) is 9.53. The summed E-state index contributed by atoms with van der Waals surface area (Å²) < 4.78 is 20.9. The van der Waals surface area contributed by atoms with E-state index in [1.165, 1.54) is 17.2 Å². The van der Waals surface area contributed by atoms with Gasteiger partial charge in [0.25, 0.3) is 11.8 Å². The molecule has 3 fully saturated rings. The van der Waals surface area contributed by atoms with Crippen molar-refractivity contribution in [2.75, 3.05) is 37.7 Å². The summed E-state index contributed by atoms with van der Waals surface area (Å²) in [6.07, 6.45) is 5.36. The van der Waals surface area contributed by atoms with Gasteiger partial charge in [0.15, 0.2) is 0 Å². The number of para-hydroxylation sites is 1. The summed E-state index contributed by atoms with van der Waals surface area (Å²) in [6.45, 7) is 10.4. The molecule has 2 aromatic heterocycles. The SMILES string of the molecule is C[C@@H]1CN(Cc2ccc(-c3cccc(Oc4ncc(F)cc4C(=O)N[C@H]4CC[C@@H](NC(=O)c5cccc6[nH]cnc56)CC4)c3)c(CN3CCSCC3)c2)C[C@H](C)N1. The summed E-state index contributed by atoms with van der Waals surface area (Å²) in [7, 11) is 0. The number of carbonyl (C=O) groups excluding carboxylic acids is 2. The van der Waals surface area contributed by atoms with Crippen molar-refractivity contribution in [3.8, 4) is 22.8 Å². The second-order valence-electron chi connectivity index (χ2n) is 15.8. The maximum Gasteiger partial charge on any atom is 0.257 e. The van der Waals surface area contributed by atoms with Gasteiger partial charge < -0.3 is 25.7 Å². The molecular weight excluding hydrogens is 740 g/mol. The molecule has 2 aliphatic heterocycles. The fraction of sp³-hybridized carbons (Fsp3) is 0.409. The lowest BCUT2D eigenvalue weighted by Gasteiger charge is -2.36. The van der Waals surface area contributed by atoms with Crippen LogP contribution in [0.1, 0.15) is 71.4 Å². The number of fused-ring (bicyclic) bond motifs is 1. The first-order valence-corrected chi connectivity index (χ1v) is 21.3. The predicted octanol–water partition coefficient (Wildman–Crippen LogP) is 6.76. The maximum atomic E-state index is 14.6. The Morgan fingerprint density at radius 2 is 1.56 bits per heavy atom. The molecule has 1 saturated carbocycles. The van der Waals surface area contributed by atoms with Crippen LogP contribution >= 0.6 is 11.8 Å². The lowest BCUT2D eigenvalue weighted by molar-refractivity contribution is 0.0890. The predicted molar refractivity (Wildman–Crippen MR) is 223 cm³/mol. The van der Waals surface area contributed by atoms with Crippen molar-refractivity contribution in [2.24, 2.45) is 0 Å². The van der Waals surface area contributed by atoms with E-state index in [1.807, 2.05) is 42.1 Å². The normalized spacial score (nSPS) is 21.9. The number of halogens is 1. The van der Waals surface area contributed by atoms with Gasteiger partial charge in [0.05, 0.1) is 23.6 Å². The van der Waals surface area contributed by atoms with Crippen molar-refractivity contribution in [1.82, 2.24) is 40.7 Å². The first kappa shape index (κ1) is 39.0. The molecule has 298 valence electrons. The van der Waals surface area contributed by atoms with Crippen LogP contribution in [0.3, 0.4) is 0 Å². The lowest BCUT2D eigenvalue weighted by atomic mass is 9.90. The maximum absolute atomic E-state index is 14.6. The third-order valence-corrected chi connectivity index (χ3v) is 12.2. The molecule has 2 atom stereocenters. The van der Waals surface area contributed by atoms with Gasteiger partial charge in [-0.2, -0.15) is 11.8 Å². The van der Waals surface area contributed by atoms with Gasteiger partial charge in [-0.25, -0.2) is 14.4 Å². The number of H-pyrrole nitrogens is 1. The van der Waals surface area contributed by atoms with Crippen LogP contribution in [0.2, 0.25) is 0 Å². The minimum atomic E-state index is -0.620. The quantitative estimate of drug-likeness (QED) is 0.115. The Hall–Kier alpha value is -4.82. The lowest BCUT2D eigenvalue weighted by Crippen LogP contribution is -2.53. The molecule has 3 aromatic carbocycles. The number of aromatic amines is 1. The summed E-state index contributed by atoms with van der Waals surface area (Å²) in [4.78, 5) is 43.4. The van der Waals surface area contributed by atoms with Crippen LogP contribution in [-0.2, 0) is 13.1 Å². The van der Waals surface area contributed by atoms with Gasteiger partial charge in [0, 0.05) is 74.9 Å². The van der Waals surface area contributed by atoms with Gasteiger partial charge >= 0.3 is 0 Å². The summed E-state index contributed by atoms with van der Waals surface area (Å²) in [5, 5.41) is 9.85. The highest BCUT2D eigenvalue weighted by Crippen LogP contribution is 2.33. The summed E-state index contributed by atoms with van der Waals surface area (Å²) in [6, 6.07) is 22.1. The second-order valence-corrected chi connectivity index (χ2v) is 17.0.